The first-order chi connectivity index (χ1) is 59.9. The minimum Gasteiger partial charge on any atom is -0.497 e. The number of nitrogens with zero attached hydrogens (tertiary/aromatic N) is 6. The molecule has 0 bridgehead atoms. The molecule has 644 valence electrons. The predicted molar refractivity (Wildman–Crippen MR) is 467 cm³/mol. The number of methoxy groups -OCH3 is 2. The number of nitrogen functional groups attached to an aromatic ring is 1. The van der Waals surface area contributed by atoms with Gasteiger partial charge in [0.05, 0.1) is 97.1 Å². The molecule has 5 fully saturated rings. The van der Waals surface area contributed by atoms with Crippen molar-refractivity contribution in [3.63, 3.8) is 0 Å². The highest BCUT2D eigenvalue weighted by molar-refractivity contribution is 7.90. The van der Waals surface area contributed by atoms with Crippen LogP contribution in [0.25, 0.3) is 0 Å². The van der Waals surface area contributed by atoms with E-state index in [1.165, 1.54) is 86.0 Å². The zero-order valence-electron chi connectivity index (χ0n) is 70.8. The first-order valence-corrected chi connectivity index (χ1v) is 44.5. The zero-order valence-corrected chi connectivity index (χ0v) is 71.6. The average Bonchev–Trinajstić information content (AvgIpc) is 1.58. The van der Waals surface area contributed by atoms with Gasteiger partial charge in [0.2, 0.25) is 0 Å². The number of hydrogen-bond acceptors (Lipinski definition) is 16. The molecule has 10 aliphatic rings. The van der Waals surface area contributed by atoms with Crippen LogP contribution in [0, 0.1) is 11.6 Å². The number of anilines is 2. The summed E-state index contributed by atoms with van der Waals surface area (Å²) in [5.74, 6) is 0.178. The Bertz CT molecular complexity index is 5730. The third kappa shape index (κ3) is 17.5. The van der Waals surface area contributed by atoms with E-state index >= 15 is 0 Å². The molecule has 10 aromatic carbocycles. The molecule has 0 aromatic heterocycles. The van der Waals surface area contributed by atoms with Gasteiger partial charge >= 0.3 is 0 Å². The number of carbonyl (C=O) groups is 5. The quantitative estimate of drug-likeness (QED) is 0.132. The normalized spacial score (nSPS) is 18.5. The molecular weight excluding hydrogens is 1590 g/mol. The topological polar surface area (TPSA) is 230 Å². The van der Waals surface area contributed by atoms with E-state index in [1.807, 2.05) is 93.6 Å². The summed E-state index contributed by atoms with van der Waals surface area (Å²) in [4.78, 5) is 74.8. The fourth-order valence-electron chi connectivity index (χ4n) is 19.3. The standard InChI is InChI=1S/C21H23FN2O2.C20H21NO4S.2C20H21NO3.C19H19FN2O2/c1-23(2)19-8-7-15(13-18(19)22)20(25)24-11-9-21(10-12-24)17-6-4-3-5-16(17)14-26-21;1-26(23,24)17-8-6-15(7-9-17)19(22)21-12-10-20(11-13-21)18-5-3-2-4-16(18)14-25-20;1-23-18-9-5-3-7-16(18)19(22)21-12-10-20(11-13-21)17-8-4-2-6-15(17)14-24-20;1-23-17-7-4-6-15(13-17)19(22)21-11-9-20(10-12-21)18-8-3-2-5-16(18)14-24-20;20-16-11-13(5-6-17(16)21)18(23)22-9-7-19(8-10-22)15-4-2-1-3-14(15)12-24-19/h3-8,13H,9-12,14H2,1-2H3;2-9H,10-14H2,1H3;2-9H,10-14H2,1H3;2-8,13H,9-12,14H2,1H3;1-6,11H,7-10,12,21H2. The number of fused-ring (bicyclic) bond motifs is 10. The van der Waals surface area contributed by atoms with Crippen LogP contribution < -0.4 is 20.1 Å². The molecule has 5 amide bonds. The van der Waals surface area contributed by atoms with Crippen LogP contribution in [0.4, 0.5) is 20.2 Å². The Hall–Kier alpha value is -11.6. The number of sulfone groups is 1. The maximum Gasteiger partial charge on any atom is 0.257 e. The summed E-state index contributed by atoms with van der Waals surface area (Å²) in [6, 6.07) is 71.6. The first kappa shape index (κ1) is 85.9. The predicted octanol–water partition coefficient (Wildman–Crippen LogP) is 16.1. The number of hydrogen-bond donors (Lipinski definition) is 1. The van der Waals surface area contributed by atoms with Crippen LogP contribution >= 0.6 is 0 Å². The molecule has 21 nitrogen and oxygen atoms in total. The highest BCUT2D eigenvalue weighted by atomic mass is 32.2. The molecule has 0 unspecified atom stereocenters. The van der Waals surface area contributed by atoms with E-state index in [4.69, 9.17) is 38.9 Å². The van der Waals surface area contributed by atoms with Gasteiger partial charge in [0.25, 0.3) is 29.5 Å². The van der Waals surface area contributed by atoms with Crippen molar-refractivity contribution in [2.75, 3.05) is 111 Å². The van der Waals surface area contributed by atoms with Gasteiger partial charge in [0.15, 0.2) is 9.84 Å². The van der Waals surface area contributed by atoms with Crippen molar-refractivity contribution < 1.29 is 74.3 Å². The summed E-state index contributed by atoms with van der Waals surface area (Å²) in [5, 5.41) is 0. The molecule has 2 N–H and O–H groups in total. The molecule has 10 aliphatic heterocycles. The molecule has 24 heteroatoms. The molecule has 10 aromatic rings. The van der Waals surface area contributed by atoms with Gasteiger partial charge < -0.3 is 68.3 Å². The van der Waals surface area contributed by atoms with Gasteiger partial charge in [-0.3, -0.25) is 24.0 Å². The number of halogens is 2. The molecule has 124 heavy (non-hydrogen) atoms. The lowest BCUT2D eigenvalue weighted by Gasteiger charge is -2.39. The lowest BCUT2D eigenvalue weighted by molar-refractivity contribution is -0.0744. The summed E-state index contributed by atoms with van der Waals surface area (Å²) in [6.45, 7) is 9.77. The number of para-hydroxylation sites is 1. The second-order valence-corrected chi connectivity index (χ2v) is 35.7. The van der Waals surface area contributed by atoms with Gasteiger partial charge in [-0.2, -0.15) is 0 Å². The van der Waals surface area contributed by atoms with Gasteiger partial charge in [0, 0.05) is 108 Å². The van der Waals surface area contributed by atoms with Gasteiger partial charge in [-0.1, -0.05) is 140 Å². The third-order valence-corrected chi connectivity index (χ3v) is 27.6. The minimum absolute atomic E-state index is 0.0357. The van der Waals surface area contributed by atoms with Crippen LogP contribution in [-0.2, 0) is 94.6 Å². The van der Waals surface area contributed by atoms with Crippen molar-refractivity contribution >= 4 is 50.7 Å². The van der Waals surface area contributed by atoms with Crippen LogP contribution in [0.15, 0.2) is 235 Å². The fourth-order valence-corrected chi connectivity index (χ4v) is 20.0. The molecule has 0 atom stereocenters. The Morgan fingerprint density at radius 3 is 0.992 bits per heavy atom. The second kappa shape index (κ2) is 36.3. The van der Waals surface area contributed by atoms with E-state index in [1.54, 1.807) is 79.4 Å². The molecule has 20 rings (SSSR count). The number of piperidine rings is 5. The summed E-state index contributed by atoms with van der Waals surface area (Å²) in [7, 11) is 3.52. The minimum atomic E-state index is -3.26. The smallest absolute Gasteiger partial charge is 0.257 e. The molecule has 5 spiro atoms. The number of benzene rings is 10. The summed E-state index contributed by atoms with van der Waals surface area (Å²) in [5.41, 5.74) is 20.0. The monoisotopic (exact) mass is 1700 g/mol. The largest absolute Gasteiger partial charge is 0.497 e. The van der Waals surface area contributed by atoms with Crippen molar-refractivity contribution in [2.45, 2.75) is 130 Å². The third-order valence-electron chi connectivity index (χ3n) is 26.5. The SMILES string of the molecule is CN(C)c1ccc(C(=O)N2CCC3(CC2)OCc2ccccc23)cc1F.COc1cccc(C(=O)N2CCC3(CC2)OCc2ccccc23)c1.COc1ccccc1C(=O)N1CCC2(CC1)OCc1ccccc12.CS(=O)(=O)c1ccc(C(=O)N2CCC3(CC2)OCc2ccccc23)cc1.Nc1ccc(C(=O)N2CCC3(CC2)OCc2ccccc23)cc1F. The van der Waals surface area contributed by atoms with Crippen LogP contribution in [0.2, 0.25) is 0 Å². The number of likely N-dealkylation sites (tertiary alicyclic amines) is 5. The maximum absolute atomic E-state index is 14.2. The van der Waals surface area contributed by atoms with E-state index < -0.39 is 15.7 Å². The van der Waals surface area contributed by atoms with Crippen molar-refractivity contribution in [1.82, 2.24) is 24.5 Å². The molecule has 0 aliphatic carbocycles. The highest BCUT2D eigenvalue weighted by Gasteiger charge is 2.49. The van der Waals surface area contributed by atoms with Crippen LogP contribution in [0.1, 0.15) is 172 Å². The number of amides is 5. The molecule has 10 heterocycles. The van der Waals surface area contributed by atoms with E-state index in [9.17, 15) is 41.2 Å². The van der Waals surface area contributed by atoms with Crippen molar-refractivity contribution in [3.05, 3.63) is 326 Å². The Labute approximate surface area is 723 Å². The number of ether oxygens (including phenoxy) is 7. The number of rotatable bonds is 9. The molecule has 0 saturated carbocycles. The van der Waals surface area contributed by atoms with Gasteiger partial charge in [-0.15, -0.1) is 0 Å². The lowest BCUT2D eigenvalue weighted by Crippen LogP contribution is -2.45. The number of nitrogens with two attached hydrogens (primary N) is 1. The summed E-state index contributed by atoms with van der Waals surface area (Å²) >= 11 is 0. The van der Waals surface area contributed by atoms with E-state index in [0.29, 0.717) is 143 Å². The zero-order chi connectivity index (χ0) is 86.6. The lowest BCUT2D eigenvalue weighted by atomic mass is 9.83. The van der Waals surface area contributed by atoms with Crippen LogP contribution in [0.5, 0.6) is 11.5 Å². The summed E-state index contributed by atoms with van der Waals surface area (Å²) in [6.07, 6.45) is 9.14. The average molecular weight is 1700 g/mol. The van der Waals surface area contributed by atoms with Gasteiger partial charge in [-0.05, 0) is 211 Å². The van der Waals surface area contributed by atoms with Crippen molar-refractivity contribution in [3.8, 4) is 11.5 Å². The Morgan fingerprint density at radius 2 is 0.661 bits per heavy atom. The van der Waals surface area contributed by atoms with Gasteiger partial charge in [0.1, 0.15) is 23.1 Å². The van der Waals surface area contributed by atoms with Crippen molar-refractivity contribution in [2.24, 2.45) is 0 Å². The Morgan fingerprint density at radius 1 is 0.355 bits per heavy atom. The van der Waals surface area contributed by atoms with Crippen molar-refractivity contribution in [1.29, 1.82) is 0 Å². The molecular formula is C100H105F2N7O14S. The Balaban J connectivity index is 0.000000115. The van der Waals surface area contributed by atoms with Crippen LogP contribution in [0.3, 0.4) is 0 Å². The maximum atomic E-state index is 14.2. The van der Waals surface area contributed by atoms with E-state index in [0.717, 1.165) is 70.5 Å². The second-order valence-electron chi connectivity index (χ2n) is 33.7. The van der Waals surface area contributed by atoms with E-state index in [-0.39, 0.29) is 73.9 Å². The Kier molecular flexibility index (Phi) is 25.1. The molecule has 5 saturated heterocycles. The fraction of sp³-hybridized carbons (Fsp3) is 0.350. The van der Waals surface area contributed by atoms with Gasteiger partial charge in [-0.25, -0.2) is 17.2 Å². The number of carbonyl (C=O) groups excluding carboxylic acids is 5. The highest BCUT2D eigenvalue weighted by Crippen LogP contribution is 2.50. The summed E-state index contributed by atoms with van der Waals surface area (Å²) < 4.78 is 92.2. The van der Waals surface area contributed by atoms with E-state index in [2.05, 4.69) is 84.9 Å². The first-order valence-electron chi connectivity index (χ1n) is 42.6. The molecule has 0 radical (unpaired) electrons. The van der Waals surface area contributed by atoms with Crippen LogP contribution in [-0.4, -0.2) is 162 Å².